The number of hydrogen-bond acceptors (Lipinski definition) is 0. The molecule has 0 unspecified atom stereocenters. The molecule has 0 aromatic heterocycles. The summed E-state index contributed by atoms with van der Waals surface area (Å²) < 4.78 is 0. The van der Waals surface area contributed by atoms with Gasteiger partial charge in [-0.3, -0.25) is 0 Å². The second-order valence-corrected chi connectivity index (χ2v) is 10.5. The predicted octanol–water partition coefficient (Wildman–Crippen LogP) is 5.07. The van der Waals surface area contributed by atoms with E-state index in [1.54, 1.807) is 0 Å². The van der Waals surface area contributed by atoms with Crippen molar-refractivity contribution in [2.24, 2.45) is 0 Å². The van der Waals surface area contributed by atoms with E-state index < -0.39 is 7.26 Å². The summed E-state index contributed by atoms with van der Waals surface area (Å²) in [6.45, 7) is 4.51. The van der Waals surface area contributed by atoms with Gasteiger partial charge in [0.25, 0.3) is 0 Å². The maximum atomic E-state index is 2.39. The van der Waals surface area contributed by atoms with Gasteiger partial charge in [-0.25, -0.2) is 0 Å². The van der Waals surface area contributed by atoms with E-state index in [0.29, 0.717) is 0 Å². The molecule has 0 N–H and O–H groups in total. The molecule has 3 rings (SSSR count). The Bertz CT molecular complexity index is 708. The Morgan fingerprint density at radius 3 is 1.36 bits per heavy atom. The summed E-state index contributed by atoms with van der Waals surface area (Å²) in [5.74, 6) is 0. The van der Waals surface area contributed by atoms with Crippen molar-refractivity contribution >= 4 is 23.2 Å². The molecule has 0 aliphatic heterocycles. The summed E-state index contributed by atoms with van der Waals surface area (Å²) in [5, 5.41) is 4.45. The summed E-state index contributed by atoms with van der Waals surface area (Å²) in [4.78, 5) is 0. The van der Waals surface area contributed by atoms with Gasteiger partial charge in [-0.05, 0) is 0 Å². The summed E-state index contributed by atoms with van der Waals surface area (Å²) in [7, 11) is -2.09. The molecule has 0 radical (unpaired) electrons. The van der Waals surface area contributed by atoms with Crippen LogP contribution in [0.2, 0.25) is 0 Å². The Labute approximate surface area is 152 Å². The molecule has 0 fully saturated rings. The van der Waals surface area contributed by atoms with E-state index in [2.05, 4.69) is 111 Å². The number of hydrogen-bond donors (Lipinski definition) is 0. The Hall–Kier alpha value is -2.17. The molecule has 0 heterocycles. The summed E-state index contributed by atoms with van der Waals surface area (Å²) >= 11 is 0. The Morgan fingerprint density at radius 2 is 1.04 bits per heavy atom. The maximum absolute atomic E-state index is 2.39. The molecule has 0 spiro atoms. The van der Waals surface area contributed by atoms with Gasteiger partial charge in [-0.2, -0.15) is 0 Å². The Kier molecular flexibility index (Phi) is 5.84. The summed E-state index contributed by atoms with van der Waals surface area (Å²) in [6.07, 6.45) is 4.60. The van der Waals surface area contributed by atoms with Crippen LogP contribution in [0.4, 0.5) is 0 Å². The van der Waals surface area contributed by atoms with Crippen LogP contribution in [-0.2, 0) is 0 Å². The van der Waals surface area contributed by atoms with Crippen LogP contribution in [0.25, 0.3) is 0 Å². The van der Waals surface area contributed by atoms with Gasteiger partial charge in [0.2, 0.25) is 0 Å². The fraction of sp³-hybridized carbons (Fsp3) is 0.167. The minimum atomic E-state index is -2.09. The van der Waals surface area contributed by atoms with Gasteiger partial charge < -0.3 is 0 Å². The van der Waals surface area contributed by atoms with Gasteiger partial charge >= 0.3 is 152 Å². The fourth-order valence-electron chi connectivity index (χ4n) is 3.81. The molecule has 25 heavy (non-hydrogen) atoms. The number of allylic oxidation sites excluding steroid dienone is 2. The van der Waals surface area contributed by atoms with Gasteiger partial charge in [0.1, 0.15) is 0 Å². The zero-order chi connectivity index (χ0) is 17.5. The summed E-state index contributed by atoms with van der Waals surface area (Å²) in [5.41, 5.74) is 1.49. The number of benzene rings is 3. The normalized spacial score (nSPS) is 12.8. The van der Waals surface area contributed by atoms with Crippen molar-refractivity contribution in [3.63, 3.8) is 0 Å². The van der Waals surface area contributed by atoms with Crippen LogP contribution < -0.4 is 15.9 Å². The third kappa shape index (κ3) is 3.75. The third-order valence-corrected chi connectivity index (χ3v) is 9.94. The van der Waals surface area contributed by atoms with Crippen molar-refractivity contribution in [1.82, 2.24) is 0 Å². The molecule has 0 amide bonds. The van der Waals surface area contributed by atoms with E-state index in [0.717, 1.165) is 12.6 Å². The second kappa shape index (κ2) is 8.28. The number of rotatable bonds is 6. The SMILES string of the molecule is CC/C=C(/C)C[PH](c1ccccc1)(c1ccccc1)c1ccccc1. The first-order valence-corrected chi connectivity index (χ1v) is 11.3. The van der Waals surface area contributed by atoms with Crippen molar-refractivity contribution in [2.45, 2.75) is 20.3 Å². The molecule has 3 aromatic rings. The first kappa shape index (κ1) is 17.6. The first-order chi connectivity index (χ1) is 12.3. The molecular weight excluding hydrogens is 319 g/mol. The molecule has 0 nitrogen and oxygen atoms in total. The average Bonchev–Trinajstić information content (AvgIpc) is 2.68. The molecule has 0 saturated carbocycles. The predicted molar refractivity (Wildman–Crippen MR) is 115 cm³/mol. The molecule has 0 aliphatic rings. The van der Waals surface area contributed by atoms with Gasteiger partial charge in [-0.1, -0.05) is 0 Å². The van der Waals surface area contributed by atoms with Gasteiger partial charge in [0, 0.05) is 0 Å². The Balaban J connectivity index is 2.29. The third-order valence-electron chi connectivity index (χ3n) is 4.90. The van der Waals surface area contributed by atoms with Crippen molar-refractivity contribution in [3.05, 3.63) is 103 Å². The molecule has 3 aromatic carbocycles. The zero-order valence-corrected chi connectivity index (χ0v) is 16.2. The standard InChI is InChI=1S/C24H27P/c1-3-13-21(2)20-25(22-14-7-4-8-15-22,23-16-9-5-10-17-23)24-18-11-6-12-19-24/h4-19,25H,3,20H2,1-2H3/b21-13-. The van der Waals surface area contributed by atoms with Crippen LogP contribution in [0.15, 0.2) is 103 Å². The molecule has 0 saturated heterocycles. The fourth-order valence-corrected chi connectivity index (χ4v) is 8.69. The van der Waals surface area contributed by atoms with Crippen LogP contribution in [0, 0.1) is 0 Å². The molecule has 128 valence electrons. The van der Waals surface area contributed by atoms with E-state index in [-0.39, 0.29) is 0 Å². The van der Waals surface area contributed by atoms with E-state index >= 15 is 0 Å². The molecular formula is C24H27P. The molecule has 1 heteroatoms. The van der Waals surface area contributed by atoms with Crippen molar-refractivity contribution in [1.29, 1.82) is 0 Å². The van der Waals surface area contributed by atoms with E-state index in [1.165, 1.54) is 21.5 Å². The Morgan fingerprint density at radius 1 is 0.680 bits per heavy atom. The quantitative estimate of drug-likeness (QED) is 0.432. The van der Waals surface area contributed by atoms with E-state index in [4.69, 9.17) is 0 Å². The second-order valence-electron chi connectivity index (χ2n) is 6.64. The monoisotopic (exact) mass is 346 g/mol. The molecule has 0 bridgehead atoms. The zero-order valence-electron chi connectivity index (χ0n) is 15.2. The van der Waals surface area contributed by atoms with Crippen LogP contribution in [-0.4, -0.2) is 6.16 Å². The van der Waals surface area contributed by atoms with E-state index in [9.17, 15) is 0 Å². The van der Waals surface area contributed by atoms with Gasteiger partial charge in [0.15, 0.2) is 0 Å². The molecule has 0 aliphatic carbocycles. The van der Waals surface area contributed by atoms with Crippen LogP contribution >= 0.6 is 7.26 Å². The van der Waals surface area contributed by atoms with Crippen LogP contribution in [0.3, 0.4) is 0 Å². The van der Waals surface area contributed by atoms with Crippen LogP contribution in [0.1, 0.15) is 20.3 Å². The average molecular weight is 346 g/mol. The first-order valence-electron chi connectivity index (χ1n) is 9.09. The van der Waals surface area contributed by atoms with Gasteiger partial charge in [0.05, 0.1) is 0 Å². The van der Waals surface area contributed by atoms with Crippen molar-refractivity contribution in [2.75, 3.05) is 6.16 Å². The van der Waals surface area contributed by atoms with Gasteiger partial charge in [-0.15, -0.1) is 0 Å². The minimum absolute atomic E-state index is 1.09. The topological polar surface area (TPSA) is 0 Å². The van der Waals surface area contributed by atoms with Crippen molar-refractivity contribution in [3.8, 4) is 0 Å². The summed E-state index contributed by atoms with van der Waals surface area (Å²) in [6, 6.07) is 33.4. The van der Waals surface area contributed by atoms with Crippen LogP contribution in [0.5, 0.6) is 0 Å². The van der Waals surface area contributed by atoms with E-state index in [1.807, 2.05) is 0 Å². The van der Waals surface area contributed by atoms with Crippen molar-refractivity contribution < 1.29 is 0 Å². The molecule has 0 atom stereocenters.